The van der Waals surface area contributed by atoms with Crippen molar-refractivity contribution in [3.05, 3.63) is 48.2 Å². The van der Waals surface area contributed by atoms with E-state index in [2.05, 4.69) is 26.0 Å². The highest BCUT2D eigenvalue weighted by atomic mass is 16.6. The predicted molar refractivity (Wildman–Crippen MR) is 109 cm³/mol. The Hall–Kier alpha value is -1.36. The molecule has 0 amide bonds. The highest BCUT2D eigenvalue weighted by Crippen LogP contribution is 2.21. The van der Waals surface area contributed by atoms with Crippen LogP contribution in [0.4, 0.5) is 0 Å². The van der Waals surface area contributed by atoms with E-state index in [1.807, 2.05) is 24.3 Å². The monoisotopic (exact) mass is 376 g/mol. The van der Waals surface area contributed by atoms with Gasteiger partial charge >= 0.3 is 0 Å². The average Bonchev–Trinajstić information content (AvgIpc) is 2.71. The molecule has 3 atom stereocenters. The summed E-state index contributed by atoms with van der Waals surface area (Å²) >= 11 is 0. The number of hydrogen-bond donors (Lipinski definition) is 0. The molecule has 1 aromatic carbocycles. The summed E-state index contributed by atoms with van der Waals surface area (Å²) in [5, 5.41) is 0. The highest BCUT2D eigenvalue weighted by molar-refractivity contribution is 5.13. The second-order valence-corrected chi connectivity index (χ2v) is 7.09. The first kappa shape index (κ1) is 21.9. The third-order valence-electron chi connectivity index (χ3n) is 4.73. The van der Waals surface area contributed by atoms with Crippen molar-refractivity contribution in [1.82, 2.24) is 0 Å². The maximum Gasteiger partial charge on any atom is 0.150 e. The fourth-order valence-corrected chi connectivity index (χ4v) is 3.10. The molecule has 4 heteroatoms. The molecule has 0 saturated heterocycles. The van der Waals surface area contributed by atoms with Crippen molar-refractivity contribution < 1.29 is 18.9 Å². The molecule has 0 spiro atoms. The average molecular weight is 377 g/mol. The lowest BCUT2D eigenvalue weighted by atomic mass is 10.1. The first-order valence-electron chi connectivity index (χ1n) is 10.5. The first-order chi connectivity index (χ1) is 13.3. The van der Waals surface area contributed by atoms with Crippen LogP contribution < -0.4 is 0 Å². The number of hydrogen-bond acceptors (Lipinski definition) is 4. The van der Waals surface area contributed by atoms with E-state index in [-0.39, 0.29) is 18.3 Å². The van der Waals surface area contributed by atoms with Crippen LogP contribution in [0.3, 0.4) is 0 Å². The fourth-order valence-electron chi connectivity index (χ4n) is 3.10. The molecule has 0 unspecified atom stereocenters. The van der Waals surface area contributed by atoms with Crippen LogP contribution in [-0.4, -0.2) is 38.1 Å². The quantitative estimate of drug-likeness (QED) is 0.415. The summed E-state index contributed by atoms with van der Waals surface area (Å²) in [7, 11) is 0. The zero-order valence-electron chi connectivity index (χ0n) is 17.0. The van der Waals surface area contributed by atoms with E-state index in [0.717, 1.165) is 31.6 Å². The Morgan fingerprint density at radius 1 is 0.889 bits per heavy atom. The molecule has 152 valence electrons. The van der Waals surface area contributed by atoms with Crippen molar-refractivity contribution in [3.63, 3.8) is 0 Å². The fraction of sp³-hybridized carbons (Fsp3) is 0.652. The minimum Gasteiger partial charge on any atom is -0.493 e. The molecule has 0 aromatic heterocycles. The highest BCUT2D eigenvalue weighted by Gasteiger charge is 2.34. The van der Waals surface area contributed by atoms with Gasteiger partial charge in [0.25, 0.3) is 0 Å². The van der Waals surface area contributed by atoms with Gasteiger partial charge in [0.15, 0.2) is 0 Å². The molecule has 0 radical (unpaired) electrons. The van der Waals surface area contributed by atoms with Crippen molar-refractivity contribution in [2.24, 2.45) is 0 Å². The molecule has 0 aliphatic carbocycles. The summed E-state index contributed by atoms with van der Waals surface area (Å²) in [4.78, 5) is 0. The van der Waals surface area contributed by atoms with Gasteiger partial charge < -0.3 is 18.9 Å². The Bertz CT molecular complexity index is 502. The van der Waals surface area contributed by atoms with Gasteiger partial charge in [-0.1, -0.05) is 69.9 Å². The molecule has 0 N–H and O–H groups in total. The van der Waals surface area contributed by atoms with Crippen LogP contribution in [0, 0.1) is 0 Å². The first-order valence-corrected chi connectivity index (χ1v) is 10.5. The van der Waals surface area contributed by atoms with E-state index in [4.69, 9.17) is 18.9 Å². The van der Waals surface area contributed by atoms with Crippen LogP contribution in [0.5, 0.6) is 0 Å². The van der Waals surface area contributed by atoms with Crippen molar-refractivity contribution in [2.45, 2.75) is 77.3 Å². The van der Waals surface area contributed by atoms with E-state index >= 15 is 0 Å². The van der Waals surface area contributed by atoms with Crippen LogP contribution in [0.2, 0.25) is 0 Å². The number of rotatable bonds is 14. The predicted octanol–water partition coefficient (Wildman–Crippen LogP) is 5.27. The molecule has 2 rings (SSSR count). The Morgan fingerprint density at radius 3 is 2.37 bits per heavy atom. The van der Waals surface area contributed by atoms with E-state index in [1.54, 1.807) is 6.26 Å². The Kier molecular flexibility index (Phi) is 11.2. The molecule has 0 bridgehead atoms. The lowest BCUT2D eigenvalue weighted by molar-refractivity contribution is -0.143. The SMILES string of the molecule is CCCCCOC[C@H]1OC=C[C@@H](OCCCCC)[C@@H]1OCc1ccccc1. The van der Waals surface area contributed by atoms with E-state index in [0.29, 0.717) is 13.2 Å². The van der Waals surface area contributed by atoms with Gasteiger partial charge in [-0.25, -0.2) is 0 Å². The lowest BCUT2D eigenvalue weighted by Crippen LogP contribution is -2.46. The molecule has 0 fully saturated rings. The van der Waals surface area contributed by atoms with Gasteiger partial charge in [0.05, 0.1) is 19.5 Å². The van der Waals surface area contributed by atoms with Gasteiger partial charge in [-0.15, -0.1) is 0 Å². The summed E-state index contributed by atoms with van der Waals surface area (Å²) < 4.78 is 24.0. The smallest absolute Gasteiger partial charge is 0.150 e. The van der Waals surface area contributed by atoms with Crippen LogP contribution in [0.25, 0.3) is 0 Å². The summed E-state index contributed by atoms with van der Waals surface area (Å²) in [5.74, 6) is 0. The molecule has 1 heterocycles. The van der Waals surface area contributed by atoms with Gasteiger partial charge in [0.2, 0.25) is 0 Å². The summed E-state index contributed by atoms with van der Waals surface area (Å²) in [6.45, 7) is 6.99. The standard InChI is InChI=1S/C23H36O4/c1-3-5-10-15-24-19-22-23(27-18-20-12-8-7-9-13-20)21(14-17-26-22)25-16-11-6-4-2/h7-9,12-14,17,21-23H,3-6,10-11,15-16,18-19H2,1-2H3/t21-,22-,23+/m1/s1. The molecule has 1 aliphatic rings. The lowest BCUT2D eigenvalue weighted by Gasteiger charge is -2.34. The van der Waals surface area contributed by atoms with Gasteiger partial charge in [0, 0.05) is 13.2 Å². The van der Waals surface area contributed by atoms with E-state index in [9.17, 15) is 0 Å². The maximum absolute atomic E-state index is 6.25. The zero-order valence-corrected chi connectivity index (χ0v) is 17.0. The Morgan fingerprint density at radius 2 is 1.63 bits per heavy atom. The Labute approximate surface area is 164 Å². The zero-order chi connectivity index (χ0) is 19.2. The molecule has 1 aliphatic heterocycles. The number of unbranched alkanes of at least 4 members (excludes halogenated alkanes) is 4. The topological polar surface area (TPSA) is 36.9 Å². The van der Waals surface area contributed by atoms with Crippen LogP contribution in [0.1, 0.15) is 57.9 Å². The minimum absolute atomic E-state index is 0.0939. The molecule has 4 nitrogen and oxygen atoms in total. The summed E-state index contributed by atoms with van der Waals surface area (Å²) in [5.41, 5.74) is 1.15. The van der Waals surface area contributed by atoms with Crippen molar-refractivity contribution in [3.8, 4) is 0 Å². The molecule has 0 saturated carbocycles. The largest absolute Gasteiger partial charge is 0.493 e. The minimum atomic E-state index is -0.164. The van der Waals surface area contributed by atoms with Crippen molar-refractivity contribution >= 4 is 0 Å². The van der Waals surface area contributed by atoms with Crippen LogP contribution >= 0.6 is 0 Å². The molecular formula is C23H36O4. The molecule has 1 aromatic rings. The maximum atomic E-state index is 6.25. The molecular weight excluding hydrogens is 340 g/mol. The molecule has 27 heavy (non-hydrogen) atoms. The number of ether oxygens (including phenoxy) is 4. The summed E-state index contributed by atoms with van der Waals surface area (Å²) in [6.07, 6.45) is 10.2. The van der Waals surface area contributed by atoms with Crippen molar-refractivity contribution in [2.75, 3.05) is 19.8 Å². The van der Waals surface area contributed by atoms with Crippen LogP contribution in [-0.2, 0) is 25.6 Å². The third-order valence-corrected chi connectivity index (χ3v) is 4.73. The normalized spacial score (nSPS) is 21.9. The van der Waals surface area contributed by atoms with Gasteiger partial charge in [-0.3, -0.25) is 0 Å². The van der Waals surface area contributed by atoms with E-state index in [1.165, 1.54) is 25.7 Å². The number of benzene rings is 1. The van der Waals surface area contributed by atoms with Crippen molar-refractivity contribution in [1.29, 1.82) is 0 Å². The summed E-state index contributed by atoms with van der Waals surface area (Å²) in [6, 6.07) is 10.2. The Balaban J connectivity index is 1.89. The second-order valence-electron chi connectivity index (χ2n) is 7.09. The van der Waals surface area contributed by atoms with E-state index < -0.39 is 0 Å². The second kappa shape index (κ2) is 13.8. The van der Waals surface area contributed by atoms with Gasteiger partial charge in [-0.2, -0.15) is 0 Å². The van der Waals surface area contributed by atoms with Gasteiger partial charge in [0.1, 0.15) is 18.3 Å². The third kappa shape index (κ3) is 8.46. The van der Waals surface area contributed by atoms with Gasteiger partial charge in [-0.05, 0) is 24.5 Å². The van der Waals surface area contributed by atoms with Crippen LogP contribution in [0.15, 0.2) is 42.7 Å².